The van der Waals surface area contributed by atoms with Gasteiger partial charge in [-0.25, -0.2) is 0 Å². The summed E-state index contributed by atoms with van der Waals surface area (Å²) in [6, 6.07) is 3.82. The highest BCUT2D eigenvalue weighted by Gasteiger charge is 2.14. The maximum Gasteiger partial charge on any atom is 0.271 e. The van der Waals surface area contributed by atoms with Crippen LogP contribution in [0.15, 0.2) is 22.7 Å². The topological polar surface area (TPSA) is 84.3 Å². The highest BCUT2D eigenvalue weighted by Crippen LogP contribution is 2.27. The van der Waals surface area contributed by atoms with Crippen molar-refractivity contribution in [2.45, 2.75) is 13.0 Å². The fraction of sp³-hybridized carbons (Fsp3) is 0.300. The lowest BCUT2D eigenvalue weighted by atomic mass is 10.2. The van der Waals surface area contributed by atoms with Crippen molar-refractivity contribution in [2.24, 2.45) is 0 Å². The SMILES string of the molecule is CNC(C)C(=O)Nc1cc([N+](=O)[O-])ccc1Br. The lowest BCUT2D eigenvalue weighted by Gasteiger charge is -2.11. The Bertz CT molecular complexity index is 450. The number of nitrogens with zero attached hydrogens (tertiary/aromatic N) is 1. The molecule has 1 amide bonds. The van der Waals surface area contributed by atoms with E-state index >= 15 is 0 Å². The molecule has 0 radical (unpaired) electrons. The number of non-ortho nitro benzene ring substituents is 1. The van der Waals surface area contributed by atoms with E-state index in [0.717, 1.165) is 0 Å². The zero-order valence-electron chi connectivity index (χ0n) is 9.36. The van der Waals surface area contributed by atoms with E-state index in [1.165, 1.54) is 18.2 Å². The first-order valence-corrected chi connectivity index (χ1v) is 5.67. The summed E-state index contributed by atoms with van der Waals surface area (Å²) in [6.45, 7) is 1.70. The van der Waals surface area contributed by atoms with Gasteiger partial charge in [0, 0.05) is 16.6 Å². The molecule has 1 atom stereocenters. The van der Waals surface area contributed by atoms with Crippen molar-refractivity contribution in [1.82, 2.24) is 5.32 Å². The number of nitrogens with one attached hydrogen (secondary N) is 2. The number of rotatable bonds is 4. The number of carbonyl (C=O) groups excluding carboxylic acids is 1. The predicted molar refractivity (Wildman–Crippen MR) is 67.9 cm³/mol. The summed E-state index contributed by atoms with van der Waals surface area (Å²) < 4.78 is 0.597. The van der Waals surface area contributed by atoms with E-state index in [0.29, 0.717) is 10.2 Å². The molecule has 0 aliphatic rings. The number of likely N-dealkylation sites (N-methyl/N-ethyl adjacent to an activating group) is 1. The fourth-order valence-corrected chi connectivity index (χ4v) is 1.44. The number of amides is 1. The van der Waals surface area contributed by atoms with Gasteiger partial charge in [-0.15, -0.1) is 0 Å². The molecule has 1 aromatic carbocycles. The number of carbonyl (C=O) groups is 1. The number of hydrogen-bond donors (Lipinski definition) is 2. The van der Waals surface area contributed by atoms with Crippen LogP contribution in [0.5, 0.6) is 0 Å². The molecule has 7 heteroatoms. The predicted octanol–water partition coefficient (Wildman–Crippen LogP) is 1.90. The molecule has 0 aliphatic heterocycles. The Balaban J connectivity index is 2.94. The Labute approximate surface area is 107 Å². The molecular formula is C10H12BrN3O3. The minimum atomic E-state index is -0.510. The first-order valence-electron chi connectivity index (χ1n) is 4.87. The molecule has 0 spiro atoms. The molecular weight excluding hydrogens is 290 g/mol. The minimum Gasteiger partial charge on any atom is -0.323 e. The van der Waals surface area contributed by atoms with Gasteiger partial charge in [0.25, 0.3) is 5.69 Å². The Hall–Kier alpha value is -1.47. The fourth-order valence-electron chi connectivity index (χ4n) is 1.09. The summed E-state index contributed by atoms with van der Waals surface area (Å²) in [7, 11) is 1.66. The van der Waals surface area contributed by atoms with Gasteiger partial charge in [-0.1, -0.05) is 0 Å². The van der Waals surface area contributed by atoms with Crippen LogP contribution >= 0.6 is 15.9 Å². The van der Waals surface area contributed by atoms with Gasteiger partial charge in [0.15, 0.2) is 0 Å². The summed E-state index contributed by atoms with van der Waals surface area (Å²) >= 11 is 3.22. The van der Waals surface area contributed by atoms with Crippen molar-refractivity contribution < 1.29 is 9.72 Å². The van der Waals surface area contributed by atoms with E-state index in [-0.39, 0.29) is 17.6 Å². The molecule has 0 aliphatic carbocycles. The van der Waals surface area contributed by atoms with E-state index in [9.17, 15) is 14.9 Å². The quantitative estimate of drug-likeness (QED) is 0.657. The Morgan fingerprint density at radius 3 is 2.71 bits per heavy atom. The minimum absolute atomic E-state index is 0.0689. The molecule has 0 fully saturated rings. The van der Waals surface area contributed by atoms with Crippen molar-refractivity contribution in [2.75, 3.05) is 12.4 Å². The van der Waals surface area contributed by atoms with Gasteiger partial charge >= 0.3 is 0 Å². The van der Waals surface area contributed by atoms with E-state index in [1.807, 2.05) is 0 Å². The second-order valence-corrected chi connectivity index (χ2v) is 4.28. The normalized spacial score (nSPS) is 11.9. The molecule has 0 aromatic heterocycles. The molecule has 1 rings (SSSR count). The standard InChI is InChI=1S/C10H12BrN3O3/c1-6(12-2)10(15)13-9-5-7(14(16)17)3-4-8(9)11/h3-6,12H,1-2H3,(H,13,15). The van der Waals surface area contributed by atoms with Gasteiger partial charge < -0.3 is 10.6 Å². The van der Waals surface area contributed by atoms with Crippen LogP contribution in [0.4, 0.5) is 11.4 Å². The third-order valence-electron chi connectivity index (χ3n) is 2.24. The summed E-state index contributed by atoms with van der Waals surface area (Å²) in [6.07, 6.45) is 0. The molecule has 17 heavy (non-hydrogen) atoms. The lowest BCUT2D eigenvalue weighted by molar-refractivity contribution is -0.384. The maximum atomic E-state index is 11.6. The maximum absolute atomic E-state index is 11.6. The molecule has 1 aromatic rings. The number of hydrogen-bond acceptors (Lipinski definition) is 4. The molecule has 0 bridgehead atoms. The zero-order chi connectivity index (χ0) is 13.0. The summed E-state index contributed by atoms with van der Waals surface area (Å²) in [5, 5.41) is 16.0. The Morgan fingerprint density at radius 1 is 1.53 bits per heavy atom. The Morgan fingerprint density at radius 2 is 2.18 bits per heavy atom. The van der Waals surface area contributed by atoms with Gasteiger partial charge in [0.2, 0.25) is 5.91 Å². The summed E-state index contributed by atoms with van der Waals surface area (Å²) in [5.41, 5.74) is 0.312. The lowest BCUT2D eigenvalue weighted by Crippen LogP contribution is -2.35. The third-order valence-corrected chi connectivity index (χ3v) is 2.94. The number of halogens is 1. The number of anilines is 1. The molecule has 0 saturated carbocycles. The highest BCUT2D eigenvalue weighted by atomic mass is 79.9. The summed E-state index contributed by atoms with van der Waals surface area (Å²) in [5.74, 6) is -0.256. The van der Waals surface area contributed by atoms with Gasteiger partial charge in [-0.3, -0.25) is 14.9 Å². The highest BCUT2D eigenvalue weighted by molar-refractivity contribution is 9.10. The largest absolute Gasteiger partial charge is 0.323 e. The number of nitro benzene ring substituents is 1. The molecule has 0 saturated heterocycles. The van der Waals surface area contributed by atoms with Gasteiger partial charge in [0.05, 0.1) is 16.7 Å². The number of benzene rings is 1. The van der Waals surface area contributed by atoms with E-state index < -0.39 is 4.92 Å². The monoisotopic (exact) mass is 301 g/mol. The van der Waals surface area contributed by atoms with Crippen molar-refractivity contribution in [3.05, 3.63) is 32.8 Å². The van der Waals surface area contributed by atoms with E-state index in [1.54, 1.807) is 14.0 Å². The van der Waals surface area contributed by atoms with Gasteiger partial charge in [0.1, 0.15) is 0 Å². The smallest absolute Gasteiger partial charge is 0.271 e. The van der Waals surface area contributed by atoms with Crippen LogP contribution in [0.1, 0.15) is 6.92 Å². The summed E-state index contributed by atoms with van der Waals surface area (Å²) in [4.78, 5) is 21.7. The van der Waals surface area contributed by atoms with E-state index in [4.69, 9.17) is 0 Å². The van der Waals surface area contributed by atoms with Crippen molar-refractivity contribution in [1.29, 1.82) is 0 Å². The Kier molecular flexibility index (Phi) is 4.59. The van der Waals surface area contributed by atoms with Gasteiger partial charge in [-0.2, -0.15) is 0 Å². The average molecular weight is 302 g/mol. The second-order valence-electron chi connectivity index (χ2n) is 3.42. The van der Waals surface area contributed by atoms with E-state index in [2.05, 4.69) is 26.6 Å². The molecule has 2 N–H and O–H groups in total. The number of nitro groups is 1. The third kappa shape index (κ3) is 3.50. The van der Waals surface area contributed by atoms with Crippen LogP contribution in [0.25, 0.3) is 0 Å². The molecule has 92 valence electrons. The van der Waals surface area contributed by atoms with Crippen LogP contribution < -0.4 is 10.6 Å². The zero-order valence-corrected chi connectivity index (χ0v) is 10.9. The molecule has 0 heterocycles. The van der Waals surface area contributed by atoms with Crippen molar-refractivity contribution in [3.63, 3.8) is 0 Å². The second kappa shape index (κ2) is 5.74. The molecule has 1 unspecified atom stereocenters. The first-order chi connectivity index (χ1) is 7.95. The molecule has 6 nitrogen and oxygen atoms in total. The van der Waals surface area contributed by atoms with Crippen LogP contribution in [0, 0.1) is 10.1 Å². The van der Waals surface area contributed by atoms with Crippen molar-refractivity contribution >= 4 is 33.2 Å². The van der Waals surface area contributed by atoms with Crippen LogP contribution in [0.2, 0.25) is 0 Å². The van der Waals surface area contributed by atoms with Crippen molar-refractivity contribution in [3.8, 4) is 0 Å². The van der Waals surface area contributed by atoms with Gasteiger partial charge in [-0.05, 0) is 36.0 Å². The van der Waals surface area contributed by atoms with Crippen LogP contribution in [-0.4, -0.2) is 23.9 Å². The van der Waals surface area contributed by atoms with Crippen LogP contribution in [-0.2, 0) is 4.79 Å². The van der Waals surface area contributed by atoms with Crippen LogP contribution in [0.3, 0.4) is 0 Å². The average Bonchev–Trinajstić information content (AvgIpc) is 2.30. The first kappa shape index (κ1) is 13.6.